The summed E-state index contributed by atoms with van der Waals surface area (Å²) >= 11 is 0. The molecule has 0 fully saturated rings. The minimum absolute atomic E-state index is 0.214. The number of carbonyl (C=O) groups excluding carboxylic acids is 1. The number of para-hydroxylation sites is 1. The zero-order chi connectivity index (χ0) is 22.6. The molecule has 0 unspecified atom stereocenters. The number of carbonyl (C=O) groups is 1. The van der Waals surface area contributed by atoms with E-state index in [0.29, 0.717) is 17.1 Å². The number of rotatable bonds is 6. The Morgan fingerprint density at radius 2 is 1.85 bits per heavy atom. The van der Waals surface area contributed by atoms with Crippen molar-refractivity contribution < 1.29 is 14.3 Å². The van der Waals surface area contributed by atoms with E-state index >= 15 is 0 Å². The molecule has 1 aliphatic rings. The molecule has 0 aliphatic carbocycles. The molecule has 0 atom stereocenters. The van der Waals surface area contributed by atoms with Crippen LogP contribution in [0, 0.1) is 0 Å². The highest BCUT2D eigenvalue weighted by Gasteiger charge is 2.15. The lowest BCUT2D eigenvalue weighted by molar-refractivity contribution is 0.0956. The van der Waals surface area contributed by atoms with Crippen LogP contribution in [0.3, 0.4) is 0 Å². The topological polar surface area (TPSA) is 72.8 Å². The van der Waals surface area contributed by atoms with E-state index in [2.05, 4.69) is 41.7 Å². The molecule has 33 heavy (non-hydrogen) atoms. The number of hydrazone groups is 1. The summed E-state index contributed by atoms with van der Waals surface area (Å²) in [5.41, 5.74) is 7.74. The maximum absolute atomic E-state index is 13.1. The van der Waals surface area contributed by atoms with Crippen molar-refractivity contribution in [2.45, 2.75) is 19.8 Å². The third kappa shape index (κ3) is 4.41. The number of hydrogen-bond acceptors (Lipinski definition) is 5. The zero-order valence-corrected chi connectivity index (χ0v) is 18.2. The maximum Gasteiger partial charge on any atom is 0.272 e. The smallest absolute Gasteiger partial charge is 0.272 e. The molecule has 1 aliphatic heterocycles. The quantitative estimate of drug-likeness (QED) is 0.326. The third-order valence-electron chi connectivity index (χ3n) is 5.53. The number of pyridine rings is 1. The van der Waals surface area contributed by atoms with Gasteiger partial charge in [0.15, 0.2) is 11.5 Å². The van der Waals surface area contributed by atoms with Crippen LogP contribution in [0.5, 0.6) is 11.5 Å². The first-order chi connectivity index (χ1) is 16.2. The first-order valence-electron chi connectivity index (χ1n) is 10.9. The van der Waals surface area contributed by atoms with Crippen molar-refractivity contribution in [3.8, 4) is 22.8 Å². The van der Waals surface area contributed by atoms with Gasteiger partial charge in [-0.05, 0) is 47.9 Å². The Labute approximate surface area is 191 Å². The standard InChI is InChI=1S/C27H23N3O3/c1-2-5-18-8-11-20(12-9-18)24-15-22(21-6-3-4-7-23(21)29-24)27(31)30-28-16-19-10-13-25-26(14-19)33-17-32-25/h3-4,6-16H,2,5,17H2,1H3,(H,30,31)/b28-16-. The molecule has 1 N–H and O–H groups in total. The maximum atomic E-state index is 13.1. The van der Waals surface area contributed by atoms with Crippen LogP contribution in [-0.4, -0.2) is 23.9 Å². The van der Waals surface area contributed by atoms with Crippen LogP contribution in [0.1, 0.15) is 34.8 Å². The summed E-state index contributed by atoms with van der Waals surface area (Å²) in [7, 11) is 0. The van der Waals surface area contributed by atoms with E-state index in [1.165, 1.54) is 5.56 Å². The number of aryl methyl sites for hydroxylation is 1. The van der Waals surface area contributed by atoms with E-state index in [0.717, 1.165) is 40.6 Å². The Hall–Kier alpha value is -4.19. The molecule has 5 rings (SSSR count). The third-order valence-corrected chi connectivity index (χ3v) is 5.53. The van der Waals surface area contributed by atoms with E-state index in [1.807, 2.05) is 48.5 Å². The lowest BCUT2D eigenvalue weighted by atomic mass is 10.0. The van der Waals surface area contributed by atoms with Crippen molar-refractivity contribution in [3.63, 3.8) is 0 Å². The highest BCUT2D eigenvalue weighted by Crippen LogP contribution is 2.32. The summed E-state index contributed by atoms with van der Waals surface area (Å²) in [6.07, 6.45) is 3.72. The Morgan fingerprint density at radius 3 is 2.70 bits per heavy atom. The molecule has 3 aromatic carbocycles. The molecule has 0 radical (unpaired) electrons. The van der Waals surface area contributed by atoms with Crippen molar-refractivity contribution in [2.24, 2.45) is 5.10 Å². The summed E-state index contributed by atoms with van der Waals surface area (Å²) in [6, 6.07) is 23.3. The van der Waals surface area contributed by atoms with Crippen molar-refractivity contribution in [1.82, 2.24) is 10.4 Å². The van der Waals surface area contributed by atoms with E-state index in [9.17, 15) is 4.79 Å². The molecule has 2 heterocycles. The largest absolute Gasteiger partial charge is 0.454 e. The summed E-state index contributed by atoms with van der Waals surface area (Å²) in [6.45, 7) is 2.38. The highest BCUT2D eigenvalue weighted by atomic mass is 16.7. The molecule has 164 valence electrons. The lowest BCUT2D eigenvalue weighted by Crippen LogP contribution is -2.18. The van der Waals surface area contributed by atoms with E-state index in [4.69, 9.17) is 14.5 Å². The van der Waals surface area contributed by atoms with Crippen LogP contribution in [-0.2, 0) is 6.42 Å². The molecule has 1 aromatic heterocycles. The normalized spacial score (nSPS) is 12.4. The number of fused-ring (bicyclic) bond motifs is 2. The monoisotopic (exact) mass is 437 g/mol. The Morgan fingerprint density at radius 1 is 1.03 bits per heavy atom. The number of ether oxygens (including phenoxy) is 2. The van der Waals surface area contributed by atoms with Crippen LogP contribution in [0.15, 0.2) is 77.9 Å². The van der Waals surface area contributed by atoms with Crippen molar-refractivity contribution >= 4 is 23.0 Å². The van der Waals surface area contributed by atoms with Crippen LogP contribution in [0.4, 0.5) is 0 Å². The molecular formula is C27H23N3O3. The second-order valence-corrected chi connectivity index (χ2v) is 7.83. The predicted molar refractivity (Wildman–Crippen MR) is 129 cm³/mol. The second kappa shape index (κ2) is 9.12. The minimum atomic E-state index is -0.297. The van der Waals surface area contributed by atoms with Crippen molar-refractivity contribution in [1.29, 1.82) is 0 Å². The molecule has 0 saturated heterocycles. The number of nitrogens with one attached hydrogen (secondary N) is 1. The average molecular weight is 437 g/mol. The molecule has 6 nitrogen and oxygen atoms in total. The van der Waals surface area contributed by atoms with E-state index in [-0.39, 0.29) is 12.7 Å². The average Bonchev–Trinajstić information content (AvgIpc) is 3.32. The summed E-state index contributed by atoms with van der Waals surface area (Å²) in [4.78, 5) is 17.8. The number of nitrogens with zero attached hydrogens (tertiary/aromatic N) is 2. The first kappa shape index (κ1) is 20.7. The first-order valence-corrected chi connectivity index (χ1v) is 10.9. The Balaban J connectivity index is 1.42. The predicted octanol–water partition coefficient (Wildman–Crippen LogP) is 5.35. The summed E-state index contributed by atoms with van der Waals surface area (Å²) in [5.74, 6) is 1.07. The number of amides is 1. The molecule has 0 spiro atoms. The lowest BCUT2D eigenvalue weighted by Gasteiger charge is -2.09. The number of aromatic nitrogens is 1. The highest BCUT2D eigenvalue weighted by molar-refractivity contribution is 6.07. The van der Waals surface area contributed by atoms with Gasteiger partial charge in [-0.1, -0.05) is 55.8 Å². The van der Waals surface area contributed by atoms with Crippen molar-refractivity contribution in [2.75, 3.05) is 6.79 Å². The van der Waals surface area contributed by atoms with Gasteiger partial charge in [-0.25, -0.2) is 10.4 Å². The Kier molecular flexibility index (Phi) is 5.72. The zero-order valence-electron chi connectivity index (χ0n) is 18.2. The van der Waals surface area contributed by atoms with Gasteiger partial charge < -0.3 is 9.47 Å². The van der Waals surface area contributed by atoms with Gasteiger partial charge in [0.2, 0.25) is 6.79 Å². The van der Waals surface area contributed by atoms with Crippen LogP contribution >= 0.6 is 0 Å². The number of hydrogen-bond donors (Lipinski definition) is 1. The Bertz CT molecular complexity index is 1350. The SMILES string of the molecule is CCCc1ccc(-c2cc(C(=O)N/N=C\c3ccc4c(c3)OCO4)c3ccccc3n2)cc1. The molecule has 1 amide bonds. The van der Waals surface area contributed by atoms with Gasteiger partial charge in [0.25, 0.3) is 5.91 Å². The van der Waals surface area contributed by atoms with Gasteiger partial charge in [-0.3, -0.25) is 4.79 Å². The fraction of sp³-hybridized carbons (Fsp3) is 0.148. The fourth-order valence-electron chi connectivity index (χ4n) is 3.86. The van der Waals surface area contributed by atoms with Gasteiger partial charge in [-0.15, -0.1) is 0 Å². The van der Waals surface area contributed by atoms with Gasteiger partial charge in [0, 0.05) is 10.9 Å². The van der Waals surface area contributed by atoms with Crippen LogP contribution < -0.4 is 14.9 Å². The van der Waals surface area contributed by atoms with Gasteiger partial charge in [0.05, 0.1) is 23.0 Å². The number of benzene rings is 3. The van der Waals surface area contributed by atoms with E-state index in [1.54, 1.807) is 6.21 Å². The fourth-order valence-corrected chi connectivity index (χ4v) is 3.86. The molecule has 0 bridgehead atoms. The van der Waals surface area contributed by atoms with Gasteiger partial charge in [-0.2, -0.15) is 5.10 Å². The van der Waals surface area contributed by atoms with E-state index < -0.39 is 0 Å². The van der Waals surface area contributed by atoms with Crippen molar-refractivity contribution in [3.05, 3.63) is 89.5 Å². The molecule has 0 saturated carbocycles. The van der Waals surface area contributed by atoms with Crippen LogP contribution in [0.25, 0.3) is 22.2 Å². The molecular weight excluding hydrogens is 414 g/mol. The second-order valence-electron chi connectivity index (χ2n) is 7.83. The molecule has 6 heteroatoms. The molecule has 4 aromatic rings. The van der Waals surface area contributed by atoms with Gasteiger partial charge >= 0.3 is 0 Å². The summed E-state index contributed by atoms with van der Waals surface area (Å²) in [5, 5.41) is 4.92. The minimum Gasteiger partial charge on any atom is -0.454 e. The van der Waals surface area contributed by atoms with Gasteiger partial charge in [0.1, 0.15) is 0 Å². The van der Waals surface area contributed by atoms with Crippen LogP contribution in [0.2, 0.25) is 0 Å². The summed E-state index contributed by atoms with van der Waals surface area (Å²) < 4.78 is 10.7.